The zero-order valence-electron chi connectivity index (χ0n) is 6.85. The summed E-state index contributed by atoms with van der Waals surface area (Å²) in [6.45, 7) is 0. The van der Waals surface area contributed by atoms with E-state index in [0.29, 0.717) is 0 Å². The van der Waals surface area contributed by atoms with E-state index in [1.165, 1.54) is 12.1 Å². The van der Waals surface area contributed by atoms with Crippen LogP contribution in [0.3, 0.4) is 0 Å². The first kappa shape index (κ1) is 11.5. The van der Waals surface area contributed by atoms with Crippen LogP contribution in [0, 0.1) is 11.3 Å². The standard InChI is InChI=1S/C9H4BrCl2NO/c10-3-7(14)8-6(11)2-1-5(4-13)9(8)12/h1-2H,3H2. The predicted octanol–water partition coefficient (Wildman–Crippen LogP) is 3.44. The van der Waals surface area contributed by atoms with Crippen LogP contribution in [-0.2, 0) is 0 Å². The highest BCUT2D eigenvalue weighted by atomic mass is 79.9. The summed E-state index contributed by atoms with van der Waals surface area (Å²) in [5.74, 6) is -0.239. The number of ketones is 1. The Bertz CT molecular complexity index is 426. The lowest BCUT2D eigenvalue weighted by Gasteiger charge is -2.04. The van der Waals surface area contributed by atoms with Crippen LogP contribution in [0.5, 0.6) is 0 Å². The number of benzene rings is 1. The maximum absolute atomic E-state index is 11.4. The second kappa shape index (κ2) is 4.79. The number of nitrogens with zero attached hydrogens (tertiary/aromatic N) is 1. The minimum absolute atomic E-state index is 0.115. The summed E-state index contributed by atoms with van der Waals surface area (Å²) in [7, 11) is 0. The Morgan fingerprint density at radius 3 is 2.64 bits per heavy atom. The lowest BCUT2D eigenvalue weighted by atomic mass is 10.1. The third-order valence-electron chi connectivity index (χ3n) is 1.61. The molecule has 2 nitrogen and oxygen atoms in total. The molecule has 0 N–H and O–H groups in total. The molecule has 72 valence electrons. The quantitative estimate of drug-likeness (QED) is 0.619. The van der Waals surface area contributed by atoms with Gasteiger partial charge >= 0.3 is 0 Å². The molecule has 5 heteroatoms. The smallest absolute Gasteiger partial charge is 0.176 e. The lowest BCUT2D eigenvalue weighted by Crippen LogP contribution is -2.03. The van der Waals surface area contributed by atoms with Crippen LogP contribution >= 0.6 is 39.1 Å². The molecule has 0 fully saturated rings. The summed E-state index contributed by atoms with van der Waals surface area (Å²) in [6.07, 6.45) is 0. The molecule has 0 saturated carbocycles. The molecule has 0 saturated heterocycles. The van der Waals surface area contributed by atoms with Crippen molar-refractivity contribution < 1.29 is 4.79 Å². The molecule has 0 radical (unpaired) electrons. The molecular weight excluding hydrogens is 289 g/mol. The van der Waals surface area contributed by atoms with Gasteiger partial charge in [0.2, 0.25) is 0 Å². The van der Waals surface area contributed by atoms with Crippen LogP contribution in [0.25, 0.3) is 0 Å². The van der Waals surface area contributed by atoms with Gasteiger partial charge < -0.3 is 0 Å². The second-order valence-electron chi connectivity index (χ2n) is 2.45. The molecule has 0 aliphatic rings. The number of nitriles is 1. The fourth-order valence-electron chi connectivity index (χ4n) is 0.961. The van der Waals surface area contributed by atoms with E-state index in [2.05, 4.69) is 15.9 Å². The second-order valence-corrected chi connectivity index (χ2v) is 3.80. The maximum Gasteiger partial charge on any atom is 0.176 e. The number of carbonyl (C=O) groups is 1. The van der Waals surface area contributed by atoms with Crippen molar-refractivity contribution in [2.75, 3.05) is 5.33 Å². The first-order chi connectivity index (χ1) is 6.61. The molecule has 0 unspecified atom stereocenters. The number of hydrogen-bond donors (Lipinski definition) is 0. The van der Waals surface area contributed by atoms with Crippen LogP contribution in [0.2, 0.25) is 10.0 Å². The normalized spacial score (nSPS) is 9.57. The fraction of sp³-hybridized carbons (Fsp3) is 0.111. The number of rotatable bonds is 2. The van der Waals surface area contributed by atoms with Crippen LogP contribution < -0.4 is 0 Å². The number of halogens is 3. The van der Waals surface area contributed by atoms with Gasteiger partial charge in [0.05, 0.1) is 26.5 Å². The number of alkyl halides is 1. The van der Waals surface area contributed by atoms with E-state index in [1.54, 1.807) is 0 Å². The van der Waals surface area contributed by atoms with Crippen molar-refractivity contribution in [3.63, 3.8) is 0 Å². The summed E-state index contributed by atoms with van der Waals surface area (Å²) < 4.78 is 0. The van der Waals surface area contributed by atoms with Gasteiger partial charge in [0, 0.05) is 0 Å². The van der Waals surface area contributed by atoms with Crippen LogP contribution in [0.1, 0.15) is 15.9 Å². The number of hydrogen-bond acceptors (Lipinski definition) is 2. The van der Waals surface area contributed by atoms with Gasteiger partial charge in [-0.05, 0) is 12.1 Å². The molecule has 0 aromatic heterocycles. The van der Waals surface area contributed by atoms with E-state index >= 15 is 0 Å². The van der Waals surface area contributed by atoms with Crippen molar-refractivity contribution in [3.8, 4) is 6.07 Å². The van der Waals surface area contributed by atoms with E-state index in [9.17, 15) is 4.79 Å². The molecule has 1 aromatic carbocycles. The van der Waals surface area contributed by atoms with Crippen molar-refractivity contribution >= 4 is 44.9 Å². The van der Waals surface area contributed by atoms with Gasteiger partial charge in [-0.25, -0.2) is 0 Å². The van der Waals surface area contributed by atoms with Gasteiger partial charge in [-0.1, -0.05) is 39.1 Å². The van der Waals surface area contributed by atoms with Crippen molar-refractivity contribution in [2.45, 2.75) is 0 Å². The van der Waals surface area contributed by atoms with Gasteiger partial charge in [-0.15, -0.1) is 0 Å². The van der Waals surface area contributed by atoms with E-state index < -0.39 is 0 Å². The van der Waals surface area contributed by atoms with Gasteiger partial charge in [-0.3, -0.25) is 4.79 Å². The molecule has 1 aromatic rings. The molecule has 0 heterocycles. The van der Waals surface area contributed by atoms with Crippen LogP contribution in [0.15, 0.2) is 12.1 Å². The largest absolute Gasteiger partial charge is 0.293 e. The van der Waals surface area contributed by atoms with Crippen molar-refractivity contribution in [1.82, 2.24) is 0 Å². The number of carbonyl (C=O) groups excluding carboxylic acids is 1. The fourth-order valence-corrected chi connectivity index (χ4v) is 1.87. The Morgan fingerprint density at radius 2 is 2.14 bits per heavy atom. The summed E-state index contributed by atoms with van der Waals surface area (Å²) in [4.78, 5) is 11.4. The predicted molar refractivity (Wildman–Crippen MR) is 59.3 cm³/mol. The molecular formula is C9H4BrCl2NO. The Labute approximate surface area is 99.6 Å². The average Bonchev–Trinajstić information content (AvgIpc) is 2.18. The van der Waals surface area contributed by atoms with E-state index in [1.807, 2.05) is 6.07 Å². The first-order valence-corrected chi connectivity index (χ1v) is 5.46. The van der Waals surface area contributed by atoms with Gasteiger partial charge in [0.1, 0.15) is 6.07 Å². The van der Waals surface area contributed by atoms with Crippen molar-refractivity contribution in [3.05, 3.63) is 33.3 Å². The van der Waals surface area contributed by atoms with Crippen LogP contribution in [-0.4, -0.2) is 11.1 Å². The minimum Gasteiger partial charge on any atom is -0.293 e. The summed E-state index contributed by atoms with van der Waals surface area (Å²) >= 11 is 14.7. The Hall–Kier alpha value is -0.560. The first-order valence-electron chi connectivity index (χ1n) is 3.59. The topological polar surface area (TPSA) is 40.9 Å². The van der Waals surface area contributed by atoms with E-state index in [4.69, 9.17) is 28.5 Å². The highest BCUT2D eigenvalue weighted by Crippen LogP contribution is 2.28. The zero-order chi connectivity index (χ0) is 10.7. The summed E-state index contributed by atoms with van der Waals surface area (Å²) in [5, 5.41) is 9.19. The van der Waals surface area contributed by atoms with Gasteiger partial charge in [-0.2, -0.15) is 5.26 Å². The third kappa shape index (κ3) is 2.09. The van der Waals surface area contributed by atoms with E-state index in [-0.39, 0.29) is 32.3 Å². The third-order valence-corrected chi connectivity index (χ3v) is 2.83. The monoisotopic (exact) mass is 291 g/mol. The summed E-state index contributed by atoms with van der Waals surface area (Å²) in [5.41, 5.74) is 0.449. The van der Waals surface area contributed by atoms with Crippen molar-refractivity contribution in [2.24, 2.45) is 0 Å². The zero-order valence-corrected chi connectivity index (χ0v) is 9.95. The molecule has 0 aliphatic carbocycles. The van der Waals surface area contributed by atoms with Gasteiger partial charge in [0.15, 0.2) is 5.78 Å². The van der Waals surface area contributed by atoms with Crippen LogP contribution in [0.4, 0.5) is 0 Å². The molecule has 0 bridgehead atoms. The highest BCUT2D eigenvalue weighted by molar-refractivity contribution is 9.09. The summed E-state index contributed by atoms with van der Waals surface area (Å²) in [6, 6.07) is 4.85. The Kier molecular flexibility index (Phi) is 3.94. The Morgan fingerprint density at radius 1 is 1.50 bits per heavy atom. The molecule has 0 amide bonds. The highest BCUT2D eigenvalue weighted by Gasteiger charge is 2.16. The number of Topliss-reactive ketones (excluding diaryl/α,β-unsaturated/α-hetero) is 1. The molecule has 1 rings (SSSR count). The van der Waals surface area contributed by atoms with Gasteiger partial charge in [0.25, 0.3) is 0 Å². The maximum atomic E-state index is 11.4. The van der Waals surface area contributed by atoms with E-state index in [0.717, 1.165) is 0 Å². The van der Waals surface area contributed by atoms with Crippen molar-refractivity contribution in [1.29, 1.82) is 5.26 Å². The average molecular weight is 293 g/mol. The minimum atomic E-state index is -0.239. The molecule has 0 atom stereocenters. The molecule has 0 spiro atoms. The Balaban J connectivity index is 3.42. The molecule has 0 aliphatic heterocycles. The SMILES string of the molecule is N#Cc1ccc(Cl)c(C(=O)CBr)c1Cl. The lowest BCUT2D eigenvalue weighted by molar-refractivity contribution is 0.102. The molecule has 14 heavy (non-hydrogen) atoms.